The summed E-state index contributed by atoms with van der Waals surface area (Å²) in [4.78, 5) is 16.8. The van der Waals surface area contributed by atoms with Crippen molar-refractivity contribution >= 4 is 6.03 Å². The molecule has 1 aliphatic heterocycles. The van der Waals surface area contributed by atoms with Gasteiger partial charge in [-0.2, -0.15) is 5.06 Å². The molecule has 1 heterocycles. The number of hydroxylamine groups is 2. The normalized spacial score (nSPS) is 18.7. The van der Waals surface area contributed by atoms with E-state index in [4.69, 9.17) is 4.84 Å². The van der Waals surface area contributed by atoms with Crippen molar-refractivity contribution in [3.63, 3.8) is 0 Å². The number of nitrogens with one attached hydrogen (secondary N) is 1. The molecular weight excluding hydrogens is 204 g/mol. The average Bonchev–Trinajstić information content (AvgIpc) is 3.07. The summed E-state index contributed by atoms with van der Waals surface area (Å²) in [5.41, 5.74) is 1.00. The van der Waals surface area contributed by atoms with Gasteiger partial charge < -0.3 is 5.32 Å². The Balaban J connectivity index is 1.85. The van der Waals surface area contributed by atoms with Crippen LogP contribution in [0.2, 0.25) is 0 Å². The number of amides is 2. The van der Waals surface area contributed by atoms with Gasteiger partial charge in [0.25, 0.3) is 0 Å². The third-order valence-corrected chi connectivity index (χ3v) is 2.33. The molecule has 1 aromatic carbocycles. The number of rotatable bonds is 3. The van der Waals surface area contributed by atoms with E-state index in [-0.39, 0.29) is 12.3 Å². The van der Waals surface area contributed by atoms with E-state index >= 15 is 0 Å². The zero-order chi connectivity index (χ0) is 11.5. The second-order valence-electron chi connectivity index (χ2n) is 4.27. The van der Waals surface area contributed by atoms with Gasteiger partial charge in [0.2, 0.25) is 6.23 Å². The van der Waals surface area contributed by atoms with Crippen molar-refractivity contribution in [2.75, 3.05) is 6.54 Å². The molecule has 0 aliphatic carbocycles. The Morgan fingerprint density at radius 2 is 2.12 bits per heavy atom. The molecule has 1 N–H and O–H groups in total. The first-order valence-electron chi connectivity index (χ1n) is 5.47. The first-order chi connectivity index (χ1) is 7.68. The Kier molecular flexibility index (Phi) is 3.10. The largest absolute Gasteiger partial charge is 0.344 e. The van der Waals surface area contributed by atoms with E-state index in [1.165, 1.54) is 5.06 Å². The third kappa shape index (κ3) is 2.52. The summed E-state index contributed by atoms with van der Waals surface area (Å²) < 4.78 is 0. The molecular formula is C12H16N2O2. The molecule has 0 spiro atoms. The summed E-state index contributed by atoms with van der Waals surface area (Å²) in [6, 6.07) is 9.53. The van der Waals surface area contributed by atoms with Gasteiger partial charge in [-0.05, 0) is 5.92 Å². The minimum atomic E-state index is -0.214. The maximum Gasteiger partial charge on any atom is 0.344 e. The van der Waals surface area contributed by atoms with E-state index in [9.17, 15) is 4.79 Å². The van der Waals surface area contributed by atoms with Crippen LogP contribution in [0.25, 0.3) is 0 Å². The van der Waals surface area contributed by atoms with Gasteiger partial charge in [0.05, 0.1) is 0 Å². The quantitative estimate of drug-likeness (QED) is 0.794. The van der Waals surface area contributed by atoms with Gasteiger partial charge >= 0.3 is 6.03 Å². The van der Waals surface area contributed by atoms with Crippen LogP contribution in [0.4, 0.5) is 4.79 Å². The Hall–Kier alpha value is -1.55. The predicted molar refractivity (Wildman–Crippen MR) is 60.3 cm³/mol. The van der Waals surface area contributed by atoms with Crippen LogP contribution in [0.5, 0.6) is 0 Å². The van der Waals surface area contributed by atoms with Crippen LogP contribution in [-0.2, 0) is 4.84 Å². The Morgan fingerprint density at radius 3 is 2.75 bits per heavy atom. The van der Waals surface area contributed by atoms with E-state index in [0.717, 1.165) is 5.56 Å². The smallest absolute Gasteiger partial charge is 0.336 e. The molecule has 1 aromatic rings. The number of hydrogen-bond donors (Lipinski definition) is 1. The van der Waals surface area contributed by atoms with Crippen molar-refractivity contribution in [3.8, 4) is 0 Å². The zero-order valence-electron chi connectivity index (χ0n) is 9.51. The fourth-order valence-electron chi connectivity index (χ4n) is 1.42. The molecule has 0 bridgehead atoms. The third-order valence-electron chi connectivity index (χ3n) is 2.33. The lowest BCUT2D eigenvalue weighted by atomic mass is 10.2. The van der Waals surface area contributed by atoms with Gasteiger partial charge in [0.15, 0.2) is 0 Å². The number of hydrogen-bond acceptors (Lipinski definition) is 2. The number of nitrogens with zero attached hydrogens (tertiary/aromatic N) is 1. The molecule has 86 valence electrons. The summed E-state index contributed by atoms with van der Waals surface area (Å²) in [6.07, 6.45) is -0.214. The maximum absolute atomic E-state index is 11.6. The maximum atomic E-state index is 11.6. The van der Waals surface area contributed by atoms with Crippen LogP contribution in [0.3, 0.4) is 0 Å². The Morgan fingerprint density at radius 1 is 1.44 bits per heavy atom. The molecule has 0 radical (unpaired) electrons. The van der Waals surface area contributed by atoms with Crippen molar-refractivity contribution in [1.29, 1.82) is 0 Å². The van der Waals surface area contributed by atoms with Crippen molar-refractivity contribution in [2.24, 2.45) is 5.92 Å². The summed E-state index contributed by atoms with van der Waals surface area (Å²) in [6.45, 7) is 4.77. The lowest BCUT2D eigenvalue weighted by Crippen LogP contribution is -2.31. The SMILES string of the molecule is CC(C)CNC(=O)N1OC1c1ccccc1. The summed E-state index contributed by atoms with van der Waals surface area (Å²) in [5, 5.41) is 4.16. The summed E-state index contributed by atoms with van der Waals surface area (Å²) >= 11 is 0. The number of urea groups is 1. The number of carbonyl (C=O) groups excluding carboxylic acids is 1. The Bertz CT molecular complexity index is 365. The Labute approximate surface area is 95.2 Å². The molecule has 1 saturated heterocycles. The molecule has 16 heavy (non-hydrogen) atoms. The molecule has 2 rings (SSSR count). The topological polar surface area (TPSA) is 44.6 Å². The van der Waals surface area contributed by atoms with Crippen molar-refractivity contribution in [1.82, 2.24) is 10.4 Å². The van der Waals surface area contributed by atoms with Gasteiger partial charge in [0.1, 0.15) is 0 Å². The zero-order valence-corrected chi connectivity index (χ0v) is 9.51. The molecule has 1 aliphatic rings. The van der Waals surface area contributed by atoms with Crippen LogP contribution in [0.15, 0.2) is 30.3 Å². The van der Waals surface area contributed by atoms with Crippen LogP contribution in [0.1, 0.15) is 25.6 Å². The van der Waals surface area contributed by atoms with Crippen LogP contribution in [0, 0.1) is 5.92 Å². The van der Waals surface area contributed by atoms with Gasteiger partial charge in [-0.1, -0.05) is 44.2 Å². The van der Waals surface area contributed by atoms with E-state index in [2.05, 4.69) is 19.2 Å². The highest BCUT2D eigenvalue weighted by Gasteiger charge is 2.42. The minimum absolute atomic E-state index is 0.164. The van der Waals surface area contributed by atoms with Gasteiger partial charge in [0, 0.05) is 12.1 Å². The van der Waals surface area contributed by atoms with Crippen molar-refractivity contribution in [3.05, 3.63) is 35.9 Å². The van der Waals surface area contributed by atoms with Crippen LogP contribution in [-0.4, -0.2) is 17.6 Å². The highest BCUT2D eigenvalue weighted by Crippen LogP contribution is 2.36. The first kappa shape index (κ1) is 11.0. The van der Waals surface area contributed by atoms with Gasteiger partial charge in [-0.25, -0.2) is 9.63 Å². The fraction of sp³-hybridized carbons (Fsp3) is 0.417. The molecule has 0 saturated carbocycles. The molecule has 4 heteroatoms. The number of carbonyl (C=O) groups is 1. The molecule has 4 nitrogen and oxygen atoms in total. The average molecular weight is 220 g/mol. The predicted octanol–water partition coefficient (Wildman–Crippen LogP) is 2.30. The van der Waals surface area contributed by atoms with E-state index < -0.39 is 0 Å². The van der Waals surface area contributed by atoms with Gasteiger partial charge in [-0.15, -0.1) is 0 Å². The summed E-state index contributed by atoms with van der Waals surface area (Å²) in [5.74, 6) is 0.444. The van der Waals surface area contributed by atoms with Crippen molar-refractivity contribution < 1.29 is 9.63 Å². The number of benzene rings is 1. The molecule has 1 atom stereocenters. The highest BCUT2D eigenvalue weighted by atomic mass is 16.8. The van der Waals surface area contributed by atoms with Crippen LogP contribution >= 0.6 is 0 Å². The van der Waals surface area contributed by atoms with E-state index in [0.29, 0.717) is 12.5 Å². The van der Waals surface area contributed by atoms with Crippen LogP contribution < -0.4 is 5.32 Å². The first-order valence-corrected chi connectivity index (χ1v) is 5.47. The van der Waals surface area contributed by atoms with Crippen molar-refractivity contribution in [2.45, 2.75) is 20.1 Å². The van der Waals surface area contributed by atoms with Gasteiger partial charge in [-0.3, -0.25) is 0 Å². The lowest BCUT2D eigenvalue weighted by Gasteiger charge is -2.06. The highest BCUT2D eigenvalue weighted by molar-refractivity contribution is 5.74. The monoisotopic (exact) mass is 220 g/mol. The second-order valence-corrected chi connectivity index (χ2v) is 4.27. The van der Waals surface area contributed by atoms with E-state index in [1.54, 1.807) is 0 Å². The van der Waals surface area contributed by atoms with E-state index in [1.807, 2.05) is 30.3 Å². The summed E-state index contributed by atoms with van der Waals surface area (Å²) in [7, 11) is 0. The molecule has 1 unspecified atom stereocenters. The second kappa shape index (κ2) is 4.53. The molecule has 2 amide bonds. The lowest BCUT2D eigenvalue weighted by molar-refractivity contribution is 0.176. The standard InChI is InChI=1S/C12H16N2O2/c1-9(2)8-13-12(15)14-11(16-14)10-6-4-3-5-7-10/h3-7,9,11H,8H2,1-2H3,(H,13,15). The minimum Gasteiger partial charge on any atom is -0.336 e. The molecule has 0 aromatic heterocycles. The fourth-order valence-corrected chi connectivity index (χ4v) is 1.42. The molecule has 1 fully saturated rings.